The summed E-state index contributed by atoms with van der Waals surface area (Å²) >= 11 is 13.4. The first-order valence-corrected chi connectivity index (χ1v) is 9.87. The molecule has 0 atom stereocenters. The highest BCUT2D eigenvalue weighted by molar-refractivity contribution is 7.16. The fourth-order valence-corrected chi connectivity index (χ4v) is 4.12. The van der Waals surface area contributed by atoms with Gasteiger partial charge in [-0.3, -0.25) is 14.9 Å². The van der Waals surface area contributed by atoms with Crippen molar-refractivity contribution in [3.05, 3.63) is 66.9 Å². The Labute approximate surface area is 173 Å². The van der Waals surface area contributed by atoms with E-state index >= 15 is 0 Å². The Morgan fingerprint density at radius 1 is 1.29 bits per heavy atom. The summed E-state index contributed by atoms with van der Waals surface area (Å²) in [6, 6.07) is 9.09. The van der Waals surface area contributed by atoms with Crippen molar-refractivity contribution in [2.45, 2.75) is 13.5 Å². The molecule has 28 heavy (non-hydrogen) atoms. The highest BCUT2D eigenvalue weighted by Crippen LogP contribution is 2.24. The Balaban J connectivity index is 2.10. The summed E-state index contributed by atoms with van der Waals surface area (Å²) in [5, 5.41) is 11.7. The number of amides is 1. The zero-order valence-electron chi connectivity index (χ0n) is 14.7. The van der Waals surface area contributed by atoms with Gasteiger partial charge in [-0.15, -0.1) is 0 Å². The van der Waals surface area contributed by atoms with E-state index in [9.17, 15) is 14.9 Å². The number of ether oxygens (including phenoxy) is 1. The average Bonchev–Trinajstić information content (AvgIpc) is 2.98. The van der Waals surface area contributed by atoms with E-state index in [-0.39, 0.29) is 16.3 Å². The monoisotopic (exact) mass is 439 g/mol. The van der Waals surface area contributed by atoms with Gasteiger partial charge in [0.15, 0.2) is 4.80 Å². The first kappa shape index (κ1) is 20.5. The molecular weight excluding hydrogens is 425 g/mol. The second-order valence-corrected chi connectivity index (χ2v) is 7.54. The molecule has 0 aliphatic rings. The molecule has 0 saturated carbocycles. The molecule has 7 nitrogen and oxygen atoms in total. The van der Waals surface area contributed by atoms with Crippen LogP contribution in [0.2, 0.25) is 10.0 Å². The normalized spacial score (nSPS) is 11.9. The Kier molecular flexibility index (Phi) is 6.46. The lowest BCUT2D eigenvalue weighted by Crippen LogP contribution is -2.19. The Morgan fingerprint density at radius 3 is 2.79 bits per heavy atom. The number of non-ortho nitro benzene ring substituents is 1. The van der Waals surface area contributed by atoms with Crippen LogP contribution in [0.15, 0.2) is 41.4 Å². The summed E-state index contributed by atoms with van der Waals surface area (Å²) in [7, 11) is 0. The van der Waals surface area contributed by atoms with E-state index in [1.807, 2.05) is 17.6 Å². The van der Waals surface area contributed by atoms with Crippen LogP contribution in [0.5, 0.6) is 0 Å². The van der Waals surface area contributed by atoms with Gasteiger partial charge in [-0.25, -0.2) is 0 Å². The third kappa shape index (κ3) is 4.41. The van der Waals surface area contributed by atoms with E-state index in [4.69, 9.17) is 27.9 Å². The number of carbonyl (C=O) groups is 1. The van der Waals surface area contributed by atoms with Crippen molar-refractivity contribution in [3.8, 4) is 0 Å². The number of nitro benzene ring substituents is 1. The van der Waals surface area contributed by atoms with Crippen LogP contribution in [0.3, 0.4) is 0 Å². The van der Waals surface area contributed by atoms with Crippen LogP contribution in [-0.4, -0.2) is 28.6 Å². The Bertz CT molecular complexity index is 1120. The third-order valence-corrected chi connectivity index (χ3v) is 5.50. The predicted molar refractivity (Wildman–Crippen MR) is 109 cm³/mol. The van der Waals surface area contributed by atoms with E-state index in [0.717, 1.165) is 16.3 Å². The fourth-order valence-electron chi connectivity index (χ4n) is 2.59. The maximum atomic E-state index is 12.7. The number of fused-ring (bicyclic) bond motifs is 1. The molecular formula is C18H15Cl2N3O4S. The molecule has 0 aliphatic heterocycles. The SMILES string of the molecule is CCOCCn1c(=NC(=O)c2cc([N+](=O)[O-])ccc2Cl)sc2cc(Cl)ccc21. The van der Waals surface area contributed by atoms with Gasteiger partial charge in [0.1, 0.15) is 0 Å². The summed E-state index contributed by atoms with van der Waals surface area (Å²) < 4.78 is 8.14. The van der Waals surface area contributed by atoms with Crippen molar-refractivity contribution in [1.29, 1.82) is 0 Å². The molecule has 3 rings (SSSR count). The van der Waals surface area contributed by atoms with Gasteiger partial charge in [-0.1, -0.05) is 34.5 Å². The van der Waals surface area contributed by atoms with Crippen molar-refractivity contribution in [1.82, 2.24) is 4.57 Å². The summed E-state index contributed by atoms with van der Waals surface area (Å²) in [5.41, 5.74) is 0.615. The van der Waals surface area contributed by atoms with Crippen LogP contribution in [0.1, 0.15) is 17.3 Å². The first-order valence-electron chi connectivity index (χ1n) is 8.30. The highest BCUT2D eigenvalue weighted by atomic mass is 35.5. The number of thiazole rings is 1. The minimum atomic E-state index is -0.656. The summed E-state index contributed by atoms with van der Waals surface area (Å²) in [5.74, 6) is -0.656. The van der Waals surface area contributed by atoms with Gasteiger partial charge < -0.3 is 9.30 Å². The average molecular weight is 440 g/mol. The number of rotatable bonds is 6. The van der Waals surface area contributed by atoms with Crippen molar-refractivity contribution in [3.63, 3.8) is 0 Å². The lowest BCUT2D eigenvalue weighted by Gasteiger charge is -2.05. The second kappa shape index (κ2) is 8.83. The molecule has 0 bridgehead atoms. The molecule has 0 spiro atoms. The smallest absolute Gasteiger partial charge is 0.281 e. The lowest BCUT2D eigenvalue weighted by atomic mass is 10.2. The van der Waals surface area contributed by atoms with E-state index < -0.39 is 10.8 Å². The zero-order valence-corrected chi connectivity index (χ0v) is 17.1. The molecule has 3 aromatic rings. The molecule has 0 saturated heterocycles. The van der Waals surface area contributed by atoms with Gasteiger partial charge in [-0.05, 0) is 31.2 Å². The van der Waals surface area contributed by atoms with Crippen molar-refractivity contribution in [2.24, 2.45) is 4.99 Å². The van der Waals surface area contributed by atoms with Crippen LogP contribution in [0.4, 0.5) is 5.69 Å². The number of benzene rings is 2. The molecule has 0 fully saturated rings. The summed E-state index contributed by atoms with van der Waals surface area (Å²) in [6.07, 6.45) is 0. The largest absolute Gasteiger partial charge is 0.380 e. The number of halogens is 2. The summed E-state index contributed by atoms with van der Waals surface area (Å²) in [4.78, 5) is 27.7. The molecule has 1 amide bonds. The van der Waals surface area contributed by atoms with Crippen LogP contribution >= 0.6 is 34.5 Å². The van der Waals surface area contributed by atoms with Gasteiger partial charge in [0.05, 0.1) is 32.3 Å². The molecule has 10 heteroatoms. The van der Waals surface area contributed by atoms with Crippen molar-refractivity contribution >= 4 is 56.3 Å². The van der Waals surface area contributed by atoms with Crippen LogP contribution in [-0.2, 0) is 11.3 Å². The van der Waals surface area contributed by atoms with E-state index in [0.29, 0.717) is 29.6 Å². The topological polar surface area (TPSA) is 86.7 Å². The standard InChI is InChI=1S/C18H15Cl2N3O4S/c1-2-27-8-7-22-15-6-3-11(19)9-16(15)28-18(22)21-17(24)13-10-12(23(25)26)4-5-14(13)20/h3-6,9-10H,2,7-8H2,1H3. The molecule has 0 N–H and O–H groups in total. The first-order chi connectivity index (χ1) is 13.4. The van der Waals surface area contributed by atoms with Gasteiger partial charge >= 0.3 is 0 Å². The molecule has 0 radical (unpaired) electrons. The van der Waals surface area contributed by atoms with E-state index in [2.05, 4.69) is 4.99 Å². The number of hydrogen-bond acceptors (Lipinski definition) is 5. The third-order valence-electron chi connectivity index (χ3n) is 3.90. The van der Waals surface area contributed by atoms with Gasteiger partial charge in [0, 0.05) is 30.3 Å². The number of nitrogens with zero attached hydrogens (tertiary/aromatic N) is 3. The minimum Gasteiger partial charge on any atom is -0.380 e. The van der Waals surface area contributed by atoms with Gasteiger partial charge in [-0.2, -0.15) is 4.99 Å². The molecule has 0 unspecified atom stereocenters. The molecule has 2 aromatic carbocycles. The van der Waals surface area contributed by atoms with Crippen LogP contribution < -0.4 is 4.80 Å². The number of hydrogen-bond donors (Lipinski definition) is 0. The predicted octanol–water partition coefficient (Wildman–Crippen LogP) is 4.70. The van der Waals surface area contributed by atoms with Gasteiger partial charge in [0.25, 0.3) is 11.6 Å². The van der Waals surface area contributed by atoms with Gasteiger partial charge in [0.2, 0.25) is 0 Å². The van der Waals surface area contributed by atoms with Crippen LogP contribution in [0.25, 0.3) is 10.2 Å². The summed E-state index contributed by atoms with van der Waals surface area (Å²) in [6.45, 7) is 3.41. The molecule has 1 heterocycles. The van der Waals surface area contributed by atoms with E-state index in [1.165, 1.54) is 23.5 Å². The van der Waals surface area contributed by atoms with Crippen molar-refractivity contribution in [2.75, 3.05) is 13.2 Å². The molecule has 146 valence electrons. The maximum Gasteiger partial charge on any atom is 0.281 e. The quantitative estimate of drug-likeness (QED) is 0.316. The Hall–Kier alpha value is -2.26. The molecule has 0 aliphatic carbocycles. The number of carbonyl (C=O) groups excluding carboxylic acids is 1. The number of aromatic nitrogens is 1. The lowest BCUT2D eigenvalue weighted by molar-refractivity contribution is -0.384. The highest BCUT2D eigenvalue weighted by Gasteiger charge is 2.16. The zero-order chi connectivity index (χ0) is 20.3. The fraction of sp³-hybridized carbons (Fsp3) is 0.222. The molecule has 1 aromatic heterocycles. The second-order valence-electron chi connectivity index (χ2n) is 5.68. The van der Waals surface area contributed by atoms with Crippen molar-refractivity contribution < 1.29 is 14.5 Å². The Morgan fingerprint density at radius 2 is 2.07 bits per heavy atom. The van der Waals surface area contributed by atoms with Crippen LogP contribution in [0, 0.1) is 10.1 Å². The number of nitro groups is 1. The van der Waals surface area contributed by atoms with E-state index in [1.54, 1.807) is 12.1 Å². The maximum absolute atomic E-state index is 12.7. The minimum absolute atomic E-state index is 0.0253.